The summed E-state index contributed by atoms with van der Waals surface area (Å²) in [6, 6.07) is 3.77. The van der Waals surface area contributed by atoms with Gasteiger partial charge in [-0.05, 0) is 30.0 Å². The zero-order valence-corrected chi connectivity index (χ0v) is 8.68. The van der Waals surface area contributed by atoms with Crippen LogP contribution >= 0.6 is 0 Å². The van der Waals surface area contributed by atoms with Gasteiger partial charge in [-0.2, -0.15) is 0 Å². The topological polar surface area (TPSA) is 34.5 Å². The summed E-state index contributed by atoms with van der Waals surface area (Å²) in [7, 11) is 0. The second kappa shape index (κ2) is 6.13. The molecule has 0 bridgehead atoms. The predicted octanol–water partition coefficient (Wildman–Crippen LogP) is 2.48. The Morgan fingerprint density at radius 2 is 2.14 bits per heavy atom. The van der Waals surface area contributed by atoms with Gasteiger partial charge in [0.25, 0.3) is 0 Å². The van der Waals surface area contributed by atoms with Crippen molar-refractivity contribution < 1.29 is 4.84 Å². The fourth-order valence-corrected chi connectivity index (χ4v) is 0.889. The van der Waals surface area contributed by atoms with Crippen molar-refractivity contribution in [3.8, 4) is 0 Å². The Labute approximate surface area is 84.8 Å². The quantitative estimate of drug-likeness (QED) is 0.408. The van der Waals surface area contributed by atoms with E-state index < -0.39 is 0 Å². The first-order valence-electron chi connectivity index (χ1n) is 4.84. The van der Waals surface area contributed by atoms with Gasteiger partial charge in [0.05, 0.1) is 6.21 Å². The number of rotatable bonds is 5. The molecule has 14 heavy (non-hydrogen) atoms. The molecule has 0 saturated carbocycles. The SMILES string of the molecule is CC(C)CCO/N=C/c1ccncc1. The van der Waals surface area contributed by atoms with Crippen LogP contribution in [0.2, 0.25) is 0 Å². The molecule has 1 aromatic heterocycles. The van der Waals surface area contributed by atoms with Crippen molar-refractivity contribution in [2.45, 2.75) is 20.3 Å². The third-order valence-corrected chi connectivity index (χ3v) is 1.77. The molecule has 0 N–H and O–H groups in total. The molecule has 0 aromatic carbocycles. The Morgan fingerprint density at radius 1 is 1.43 bits per heavy atom. The first-order valence-corrected chi connectivity index (χ1v) is 4.84. The number of nitrogens with zero attached hydrogens (tertiary/aromatic N) is 2. The second-order valence-corrected chi connectivity index (χ2v) is 3.53. The lowest BCUT2D eigenvalue weighted by Crippen LogP contribution is -1.94. The van der Waals surface area contributed by atoms with Crippen LogP contribution in [0.25, 0.3) is 0 Å². The minimum Gasteiger partial charge on any atom is -0.396 e. The summed E-state index contributed by atoms with van der Waals surface area (Å²) >= 11 is 0. The molecule has 0 fully saturated rings. The van der Waals surface area contributed by atoms with E-state index in [0.717, 1.165) is 12.0 Å². The Kier molecular flexibility index (Phi) is 4.69. The highest BCUT2D eigenvalue weighted by Crippen LogP contribution is 1.99. The summed E-state index contributed by atoms with van der Waals surface area (Å²) in [6.45, 7) is 5.01. The van der Waals surface area contributed by atoms with Gasteiger partial charge >= 0.3 is 0 Å². The Bertz CT molecular complexity index is 270. The fraction of sp³-hybridized carbons (Fsp3) is 0.455. The van der Waals surface area contributed by atoms with E-state index in [0.29, 0.717) is 12.5 Å². The molecule has 0 spiro atoms. The third kappa shape index (κ3) is 4.60. The maximum Gasteiger partial charge on any atom is 0.117 e. The highest BCUT2D eigenvalue weighted by Gasteiger charge is 1.92. The maximum atomic E-state index is 5.10. The van der Waals surface area contributed by atoms with Crippen LogP contribution in [0.4, 0.5) is 0 Å². The molecule has 0 saturated heterocycles. The molecule has 1 aromatic rings. The molecule has 0 amide bonds. The van der Waals surface area contributed by atoms with Crippen molar-refractivity contribution in [1.82, 2.24) is 4.98 Å². The molecule has 1 heterocycles. The molecule has 0 radical (unpaired) electrons. The Balaban J connectivity index is 2.21. The van der Waals surface area contributed by atoms with E-state index in [1.165, 1.54) is 0 Å². The van der Waals surface area contributed by atoms with Crippen LogP contribution in [0.3, 0.4) is 0 Å². The molecule has 3 nitrogen and oxygen atoms in total. The first-order chi connectivity index (χ1) is 6.79. The van der Waals surface area contributed by atoms with Crippen molar-refractivity contribution in [3.63, 3.8) is 0 Å². The molecule has 76 valence electrons. The fourth-order valence-electron chi connectivity index (χ4n) is 0.889. The van der Waals surface area contributed by atoms with Gasteiger partial charge in [0.15, 0.2) is 0 Å². The standard InChI is InChI=1S/C11H16N2O/c1-10(2)5-8-14-13-9-11-3-6-12-7-4-11/h3-4,6-7,9-10H,5,8H2,1-2H3/b13-9+. The molecular formula is C11H16N2O. The minimum atomic E-state index is 0.658. The molecule has 0 aliphatic heterocycles. The van der Waals surface area contributed by atoms with Gasteiger partial charge in [-0.25, -0.2) is 0 Å². The molecular weight excluding hydrogens is 176 g/mol. The minimum absolute atomic E-state index is 0.658. The number of hydrogen-bond donors (Lipinski definition) is 0. The maximum absolute atomic E-state index is 5.10. The summed E-state index contributed by atoms with van der Waals surface area (Å²) in [5.74, 6) is 0.658. The van der Waals surface area contributed by atoms with E-state index in [4.69, 9.17) is 4.84 Å². The number of oxime groups is 1. The lowest BCUT2D eigenvalue weighted by atomic mass is 10.1. The summed E-state index contributed by atoms with van der Waals surface area (Å²) in [4.78, 5) is 9.01. The van der Waals surface area contributed by atoms with E-state index >= 15 is 0 Å². The van der Waals surface area contributed by atoms with E-state index in [-0.39, 0.29) is 0 Å². The van der Waals surface area contributed by atoms with Gasteiger partial charge in [0.1, 0.15) is 6.61 Å². The van der Waals surface area contributed by atoms with E-state index in [9.17, 15) is 0 Å². The van der Waals surface area contributed by atoms with Crippen molar-refractivity contribution in [1.29, 1.82) is 0 Å². The molecule has 3 heteroatoms. The van der Waals surface area contributed by atoms with Gasteiger partial charge in [0.2, 0.25) is 0 Å². The Hall–Kier alpha value is -1.38. The largest absolute Gasteiger partial charge is 0.396 e. The summed E-state index contributed by atoms with van der Waals surface area (Å²) in [5.41, 5.74) is 1.00. The van der Waals surface area contributed by atoms with Crippen molar-refractivity contribution in [3.05, 3.63) is 30.1 Å². The third-order valence-electron chi connectivity index (χ3n) is 1.77. The second-order valence-electron chi connectivity index (χ2n) is 3.53. The average molecular weight is 192 g/mol. The van der Waals surface area contributed by atoms with Crippen LogP contribution in [0.5, 0.6) is 0 Å². The van der Waals surface area contributed by atoms with Crippen LogP contribution in [-0.4, -0.2) is 17.8 Å². The summed E-state index contributed by atoms with van der Waals surface area (Å²) in [6.07, 6.45) is 6.20. The number of pyridine rings is 1. The van der Waals surface area contributed by atoms with Crippen molar-refractivity contribution in [2.75, 3.05) is 6.61 Å². The summed E-state index contributed by atoms with van der Waals surface area (Å²) < 4.78 is 0. The normalized spacial score (nSPS) is 11.1. The molecule has 1 rings (SSSR count). The smallest absolute Gasteiger partial charge is 0.117 e. The molecule has 0 unspecified atom stereocenters. The highest BCUT2D eigenvalue weighted by molar-refractivity contribution is 5.78. The molecule has 0 aliphatic rings. The van der Waals surface area contributed by atoms with E-state index in [1.54, 1.807) is 18.6 Å². The van der Waals surface area contributed by atoms with Crippen LogP contribution in [0.1, 0.15) is 25.8 Å². The summed E-state index contributed by atoms with van der Waals surface area (Å²) in [5, 5.41) is 3.86. The van der Waals surface area contributed by atoms with Gasteiger partial charge in [0, 0.05) is 12.4 Å². The van der Waals surface area contributed by atoms with Crippen LogP contribution in [0, 0.1) is 5.92 Å². The molecule has 0 aliphatic carbocycles. The van der Waals surface area contributed by atoms with Crippen LogP contribution < -0.4 is 0 Å². The van der Waals surface area contributed by atoms with Gasteiger partial charge in [-0.3, -0.25) is 4.98 Å². The van der Waals surface area contributed by atoms with E-state index in [1.807, 2.05) is 12.1 Å². The van der Waals surface area contributed by atoms with Crippen molar-refractivity contribution >= 4 is 6.21 Å². The van der Waals surface area contributed by atoms with Crippen molar-refractivity contribution in [2.24, 2.45) is 11.1 Å². The van der Waals surface area contributed by atoms with Crippen LogP contribution in [0.15, 0.2) is 29.7 Å². The van der Waals surface area contributed by atoms with Gasteiger partial charge < -0.3 is 4.84 Å². The van der Waals surface area contributed by atoms with Gasteiger partial charge in [-0.15, -0.1) is 0 Å². The zero-order chi connectivity index (χ0) is 10.2. The first kappa shape index (κ1) is 10.7. The Morgan fingerprint density at radius 3 is 2.79 bits per heavy atom. The molecule has 0 atom stereocenters. The van der Waals surface area contributed by atoms with Gasteiger partial charge in [-0.1, -0.05) is 19.0 Å². The number of hydrogen-bond acceptors (Lipinski definition) is 3. The number of aromatic nitrogens is 1. The highest BCUT2D eigenvalue weighted by atomic mass is 16.6. The lowest BCUT2D eigenvalue weighted by Gasteiger charge is -2.01. The monoisotopic (exact) mass is 192 g/mol. The lowest BCUT2D eigenvalue weighted by molar-refractivity contribution is 0.134. The average Bonchev–Trinajstić information content (AvgIpc) is 2.18. The van der Waals surface area contributed by atoms with Crippen LogP contribution in [-0.2, 0) is 4.84 Å². The van der Waals surface area contributed by atoms with E-state index in [2.05, 4.69) is 24.0 Å². The zero-order valence-electron chi connectivity index (χ0n) is 8.68. The predicted molar refractivity (Wildman–Crippen MR) is 57.2 cm³/mol.